The zero-order valence-corrected chi connectivity index (χ0v) is 11.8. The largest absolute Gasteiger partial charge is 0.198 e. The van der Waals surface area contributed by atoms with E-state index in [0.717, 1.165) is 25.2 Å². The molecule has 0 unspecified atom stereocenters. The van der Waals surface area contributed by atoms with Gasteiger partial charge in [-0.1, -0.05) is 25.1 Å². The molecule has 0 aliphatic heterocycles. The van der Waals surface area contributed by atoms with Crippen molar-refractivity contribution in [2.75, 3.05) is 0 Å². The number of aryl methyl sites for hydroxylation is 2. The molecule has 1 aromatic carbocycles. The van der Waals surface area contributed by atoms with Crippen LogP contribution in [-0.4, -0.2) is 0 Å². The first-order chi connectivity index (χ1) is 8.54. The lowest BCUT2D eigenvalue weighted by molar-refractivity contribution is 0.219. The van der Waals surface area contributed by atoms with Crippen molar-refractivity contribution < 1.29 is 0 Å². The van der Waals surface area contributed by atoms with E-state index >= 15 is 0 Å². The second-order valence-corrected chi connectivity index (χ2v) is 6.17. The van der Waals surface area contributed by atoms with E-state index in [4.69, 9.17) is 0 Å². The molecule has 1 nitrogen and oxygen atoms in total. The Morgan fingerprint density at radius 1 is 1.22 bits per heavy atom. The molecular weight excluding hydrogens is 218 g/mol. The van der Waals surface area contributed by atoms with Crippen molar-refractivity contribution in [1.29, 1.82) is 5.26 Å². The molecule has 0 bridgehead atoms. The highest BCUT2D eigenvalue weighted by molar-refractivity contribution is 5.31. The van der Waals surface area contributed by atoms with Crippen LogP contribution in [0.2, 0.25) is 0 Å². The molecule has 0 atom stereocenters. The number of hydrogen-bond donors (Lipinski definition) is 0. The molecule has 1 aliphatic rings. The summed E-state index contributed by atoms with van der Waals surface area (Å²) in [5, 5.41) is 9.56. The highest BCUT2D eigenvalue weighted by atomic mass is 14.4. The molecule has 18 heavy (non-hydrogen) atoms. The topological polar surface area (TPSA) is 23.8 Å². The van der Waals surface area contributed by atoms with Gasteiger partial charge in [0, 0.05) is 0 Å². The molecule has 1 heteroatoms. The van der Waals surface area contributed by atoms with E-state index in [0.29, 0.717) is 0 Å². The average Bonchev–Trinajstić information content (AvgIpc) is 2.37. The summed E-state index contributed by atoms with van der Waals surface area (Å²) in [7, 11) is 0. The van der Waals surface area contributed by atoms with Gasteiger partial charge in [0.05, 0.1) is 11.5 Å². The minimum absolute atomic E-state index is 0.103. The predicted octanol–water partition coefficient (Wildman–Crippen LogP) is 4.57. The molecule has 0 saturated heterocycles. The van der Waals surface area contributed by atoms with Crippen LogP contribution < -0.4 is 0 Å². The van der Waals surface area contributed by atoms with Crippen LogP contribution in [0, 0.1) is 36.5 Å². The lowest BCUT2D eigenvalue weighted by Crippen LogP contribution is -2.27. The van der Waals surface area contributed by atoms with Gasteiger partial charge in [0.2, 0.25) is 0 Å². The minimum atomic E-state index is -0.103. The fraction of sp³-hybridized carbons (Fsp3) is 0.588. The van der Waals surface area contributed by atoms with Crippen LogP contribution in [-0.2, 0) is 6.42 Å². The SMILES string of the molecule is Cc1ccc(CC2(C#N)CCC(C)CC2)cc1C. The number of rotatable bonds is 2. The lowest BCUT2D eigenvalue weighted by atomic mass is 9.68. The molecule has 1 aliphatic carbocycles. The zero-order chi connectivity index (χ0) is 13.2. The van der Waals surface area contributed by atoms with Crippen LogP contribution in [0.5, 0.6) is 0 Å². The van der Waals surface area contributed by atoms with Gasteiger partial charge < -0.3 is 0 Å². The summed E-state index contributed by atoms with van der Waals surface area (Å²) in [5.74, 6) is 0.797. The summed E-state index contributed by atoms with van der Waals surface area (Å²) >= 11 is 0. The summed E-state index contributed by atoms with van der Waals surface area (Å²) in [4.78, 5) is 0. The maximum Gasteiger partial charge on any atom is 0.0693 e. The smallest absolute Gasteiger partial charge is 0.0693 e. The lowest BCUT2D eigenvalue weighted by Gasteiger charge is -2.33. The normalized spacial score (nSPS) is 27.8. The molecule has 0 amide bonds. The van der Waals surface area contributed by atoms with Crippen molar-refractivity contribution in [2.45, 2.75) is 52.9 Å². The third-order valence-corrected chi connectivity index (χ3v) is 4.58. The quantitative estimate of drug-likeness (QED) is 0.744. The highest BCUT2D eigenvalue weighted by Gasteiger charge is 2.34. The summed E-state index contributed by atoms with van der Waals surface area (Å²) in [6.07, 6.45) is 5.48. The second-order valence-electron chi connectivity index (χ2n) is 6.17. The van der Waals surface area contributed by atoms with Crippen LogP contribution in [0.3, 0.4) is 0 Å². The molecule has 1 fully saturated rings. The van der Waals surface area contributed by atoms with Crippen molar-refractivity contribution in [1.82, 2.24) is 0 Å². The molecule has 0 N–H and O–H groups in total. The standard InChI is InChI=1S/C17H23N/c1-13-6-8-17(12-18,9-7-13)11-16-5-4-14(2)15(3)10-16/h4-5,10,13H,6-9,11H2,1-3H3. The number of nitrogens with zero attached hydrogens (tertiary/aromatic N) is 1. The summed E-state index contributed by atoms with van der Waals surface area (Å²) in [5.41, 5.74) is 3.90. The fourth-order valence-corrected chi connectivity index (χ4v) is 2.95. The summed E-state index contributed by atoms with van der Waals surface area (Å²) < 4.78 is 0. The predicted molar refractivity (Wildman–Crippen MR) is 75.3 cm³/mol. The van der Waals surface area contributed by atoms with Gasteiger partial charge in [0.1, 0.15) is 0 Å². The third kappa shape index (κ3) is 2.75. The molecule has 2 rings (SSSR count). The summed E-state index contributed by atoms with van der Waals surface area (Å²) in [6.45, 7) is 6.60. The van der Waals surface area contributed by atoms with Gasteiger partial charge in [0.15, 0.2) is 0 Å². The zero-order valence-electron chi connectivity index (χ0n) is 11.8. The van der Waals surface area contributed by atoms with E-state index in [2.05, 4.69) is 45.0 Å². The number of hydrogen-bond acceptors (Lipinski definition) is 1. The minimum Gasteiger partial charge on any atom is -0.198 e. The monoisotopic (exact) mass is 241 g/mol. The first kappa shape index (κ1) is 13.1. The van der Waals surface area contributed by atoms with Crippen molar-refractivity contribution in [3.05, 3.63) is 34.9 Å². The van der Waals surface area contributed by atoms with Crippen molar-refractivity contribution in [2.24, 2.45) is 11.3 Å². The highest BCUT2D eigenvalue weighted by Crippen LogP contribution is 2.41. The second kappa shape index (κ2) is 5.14. The Kier molecular flexibility index (Phi) is 3.76. The van der Waals surface area contributed by atoms with Crippen LogP contribution in [0.15, 0.2) is 18.2 Å². The molecule has 1 saturated carbocycles. The van der Waals surface area contributed by atoms with Crippen LogP contribution in [0.4, 0.5) is 0 Å². The van der Waals surface area contributed by atoms with E-state index < -0.39 is 0 Å². The van der Waals surface area contributed by atoms with E-state index in [1.807, 2.05) is 0 Å². The molecule has 0 radical (unpaired) electrons. The van der Waals surface area contributed by atoms with Crippen LogP contribution in [0.25, 0.3) is 0 Å². The van der Waals surface area contributed by atoms with E-state index in [-0.39, 0.29) is 5.41 Å². The van der Waals surface area contributed by atoms with Crippen molar-refractivity contribution in [3.8, 4) is 6.07 Å². The van der Waals surface area contributed by atoms with Gasteiger partial charge in [-0.05, 0) is 68.6 Å². The van der Waals surface area contributed by atoms with Crippen molar-refractivity contribution in [3.63, 3.8) is 0 Å². The maximum atomic E-state index is 9.56. The van der Waals surface area contributed by atoms with E-state index in [1.165, 1.54) is 29.5 Å². The molecular formula is C17H23N. The first-order valence-corrected chi connectivity index (χ1v) is 7.02. The van der Waals surface area contributed by atoms with Gasteiger partial charge >= 0.3 is 0 Å². The number of nitriles is 1. The number of benzene rings is 1. The molecule has 96 valence electrons. The van der Waals surface area contributed by atoms with Gasteiger partial charge in [-0.2, -0.15) is 5.26 Å². The first-order valence-electron chi connectivity index (χ1n) is 7.02. The Bertz CT molecular complexity index is 459. The van der Waals surface area contributed by atoms with Gasteiger partial charge in [0.25, 0.3) is 0 Å². The maximum absolute atomic E-state index is 9.56. The Morgan fingerprint density at radius 2 is 1.89 bits per heavy atom. The van der Waals surface area contributed by atoms with Gasteiger partial charge in [-0.3, -0.25) is 0 Å². The Hall–Kier alpha value is -1.29. The Labute approximate surface area is 111 Å². The summed E-state index contributed by atoms with van der Waals surface area (Å²) in [6, 6.07) is 9.25. The van der Waals surface area contributed by atoms with Crippen molar-refractivity contribution >= 4 is 0 Å². The van der Waals surface area contributed by atoms with Crippen LogP contribution >= 0.6 is 0 Å². The molecule has 1 aromatic rings. The Balaban J connectivity index is 2.15. The Morgan fingerprint density at radius 3 is 2.44 bits per heavy atom. The van der Waals surface area contributed by atoms with Gasteiger partial charge in [-0.25, -0.2) is 0 Å². The molecule has 0 spiro atoms. The molecule has 0 heterocycles. The van der Waals surface area contributed by atoms with E-state index in [9.17, 15) is 5.26 Å². The third-order valence-electron chi connectivity index (χ3n) is 4.58. The van der Waals surface area contributed by atoms with Gasteiger partial charge in [-0.15, -0.1) is 0 Å². The van der Waals surface area contributed by atoms with E-state index in [1.54, 1.807) is 0 Å². The fourth-order valence-electron chi connectivity index (χ4n) is 2.95. The average molecular weight is 241 g/mol. The van der Waals surface area contributed by atoms with Crippen LogP contribution in [0.1, 0.15) is 49.3 Å². The molecule has 0 aromatic heterocycles.